The number of hydrogen-bond acceptors (Lipinski definition) is 4. The van der Waals surface area contributed by atoms with Crippen molar-refractivity contribution in [1.29, 1.82) is 0 Å². The number of halogens is 1. The SMILES string of the molecule is COc1cc(N)c(Cl)cc1NC(=O)C1CCN(C/C=C/c2ccccc2)CC1. The summed E-state index contributed by atoms with van der Waals surface area (Å²) in [6, 6.07) is 13.5. The standard InChI is InChI=1S/C22H26ClN3O2/c1-28-21-15-19(24)18(23)14-20(21)25-22(27)17-9-12-26(13-10-17)11-5-8-16-6-3-2-4-7-16/h2-8,14-15,17H,9-13,24H2,1H3,(H,25,27)/b8-5+. The van der Waals surface area contributed by atoms with Crippen molar-refractivity contribution >= 4 is 35.0 Å². The van der Waals surface area contributed by atoms with Crippen molar-refractivity contribution in [2.45, 2.75) is 12.8 Å². The number of methoxy groups -OCH3 is 1. The van der Waals surface area contributed by atoms with Crippen LogP contribution < -0.4 is 15.8 Å². The van der Waals surface area contributed by atoms with E-state index in [-0.39, 0.29) is 11.8 Å². The second-order valence-electron chi connectivity index (χ2n) is 6.95. The molecule has 2 aromatic rings. The molecule has 0 unspecified atom stereocenters. The molecule has 0 saturated carbocycles. The third kappa shape index (κ3) is 5.27. The third-order valence-corrected chi connectivity index (χ3v) is 5.34. The van der Waals surface area contributed by atoms with Crippen LogP contribution in [-0.4, -0.2) is 37.6 Å². The minimum absolute atomic E-state index is 0.00128. The van der Waals surface area contributed by atoms with E-state index < -0.39 is 0 Å². The molecule has 1 aliphatic rings. The zero-order chi connectivity index (χ0) is 19.9. The van der Waals surface area contributed by atoms with Gasteiger partial charge in [0.1, 0.15) is 5.75 Å². The summed E-state index contributed by atoms with van der Waals surface area (Å²) in [6.07, 6.45) is 5.97. The summed E-state index contributed by atoms with van der Waals surface area (Å²) in [7, 11) is 1.54. The second-order valence-corrected chi connectivity index (χ2v) is 7.36. The number of piperidine rings is 1. The van der Waals surface area contributed by atoms with Crippen LogP contribution in [0.25, 0.3) is 6.08 Å². The molecule has 3 N–H and O–H groups in total. The number of carbonyl (C=O) groups is 1. The van der Waals surface area contributed by atoms with Gasteiger partial charge in [0.15, 0.2) is 0 Å². The lowest BCUT2D eigenvalue weighted by atomic mass is 9.95. The first-order valence-corrected chi connectivity index (χ1v) is 9.82. The molecule has 3 rings (SSSR count). The van der Waals surface area contributed by atoms with Gasteiger partial charge in [-0.1, -0.05) is 54.1 Å². The van der Waals surface area contributed by atoms with Crippen molar-refractivity contribution in [2.75, 3.05) is 37.8 Å². The van der Waals surface area contributed by atoms with Crippen LogP contribution in [0.15, 0.2) is 48.5 Å². The highest BCUT2D eigenvalue weighted by molar-refractivity contribution is 6.33. The van der Waals surface area contributed by atoms with Crippen molar-refractivity contribution in [2.24, 2.45) is 5.92 Å². The van der Waals surface area contributed by atoms with Crippen molar-refractivity contribution in [3.05, 3.63) is 59.1 Å². The van der Waals surface area contributed by atoms with Crippen molar-refractivity contribution in [3.63, 3.8) is 0 Å². The molecule has 0 radical (unpaired) electrons. The maximum atomic E-state index is 12.7. The first kappa shape index (κ1) is 20.2. The largest absolute Gasteiger partial charge is 0.494 e. The van der Waals surface area contributed by atoms with E-state index in [1.54, 1.807) is 19.2 Å². The number of ether oxygens (including phenoxy) is 1. The zero-order valence-corrected chi connectivity index (χ0v) is 16.8. The summed E-state index contributed by atoms with van der Waals surface area (Å²) >= 11 is 6.08. The Morgan fingerprint density at radius 3 is 2.68 bits per heavy atom. The number of anilines is 2. The molecule has 0 aromatic heterocycles. The minimum atomic E-state index is -0.0182. The third-order valence-electron chi connectivity index (χ3n) is 5.01. The molecule has 148 valence electrons. The van der Waals surface area contributed by atoms with E-state index in [0.717, 1.165) is 32.5 Å². The van der Waals surface area contributed by atoms with Gasteiger partial charge in [-0.3, -0.25) is 9.69 Å². The summed E-state index contributed by atoms with van der Waals surface area (Å²) < 4.78 is 5.30. The van der Waals surface area contributed by atoms with Crippen LogP contribution in [0.3, 0.4) is 0 Å². The number of benzene rings is 2. The fraction of sp³-hybridized carbons (Fsp3) is 0.318. The molecule has 1 heterocycles. The summed E-state index contributed by atoms with van der Waals surface area (Å²) in [6.45, 7) is 2.69. The van der Waals surface area contributed by atoms with Gasteiger partial charge in [-0.15, -0.1) is 0 Å². The van der Waals surface area contributed by atoms with Crippen LogP contribution in [-0.2, 0) is 4.79 Å². The number of hydrogen-bond donors (Lipinski definition) is 2. The maximum Gasteiger partial charge on any atom is 0.227 e. The van der Waals surface area contributed by atoms with Gasteiger partial charge in [0.25, 0.3) is 0 Å². The van der Waals surface area contributed by atoms with Crippen LogP contribution in [0.1, 0.15) is 18.4 Å². The first-order chi connectivity index (χ1) is 13.6. The highest BCUT2D eigenvalue weighted by atomic mass is 35.5. The van der Waals surface area contributed by atoms with Gasteiger partial charge in [-0.05, 0) is 37.6 Å². The van der Waals surface area contributed by atoms with E-state index in [9.17, 15) is 4.79 Å². The molecule has 0 spiro atoms. The maximum absolute atomic E-state index is 12.7. The monoisotopic (exact) mass is 399 g/mol. The van der Waals surface area contributed by atoms with Crippen LogP contribution >= 0.6 is 11.6 Å². The number of nitrogens with two attached hydrogens (primary N) is 1. The van der Waals surface area contributed by atoms with Gasteiger partial charge in [0.05, 0.1) is 23.5 Å². The van der Waals surface area contributed by atoms with Crippen LogP contribution in [0.4, 0.5) is 11.4 Å². The molecular weight excluding hydrogens is 374 g/mol. The smallest absolute Gasteiger partial charge is 0.227 e. The quantitative estimate of drug-likeness (QED) is 0.711. The lowest BCUT2D eigenvalue weighted by molar-refractivity contribution is -0.121. The molecule has 5 nitrogen and oxygen atoms in total. The fourth-order valence-electron chi connectivity index (χ4n) is 3.35. The van der Waals surface area contributed by atoms with Gasteiger partial charge in [-0.25, -0.2) is 0 Å². The highest BCUT2D eigenvalue weighted by Gasteiger charge is 2.25. The van der Waals surface area contributed by atoms with Gasteiger partial charge >= 0.3 is 0 Å². The van der Waals surface area contributed by atoms with E-state index in [2.05, 4.69) is 34.5 Å². The molecular formula is C22H26ClN3O2. The number of amides is 1. The van der Waals surface area contributed by atoms with E-state index in [0.29, 0.717) is 22.1 Å². The fourth-order valence-corrected chi connectivity index (χ4v) is 3.51. The summed E-state index contributed by atoms with van der Waals surface area (Å²) in [5.41, 5.74) is 7.98. The number of carbonyl (C=O) groups excluding carboxylic acids is 1. The summed E-state index contributed by atoms with van der Waals surface area (Å²) in [4.78, 5) is 15.0. The molecule has 1 fully saturated rings. The molecule has 6 heteroatoms. The normalized spacial score (nSPS) is 15.6. The lowest BCUT2D eigenvalue weighted by Gasteiger charge is -2.30. The minimum Gasteiger partial charge on any atom is -0.494 e. The molecule has 0 aliphatic carbocycles. The van der Waals surface area contributed by atoms with Gasteiger partial charge in [-0.2, -0.15) is 0 Å². The lowest BCUT2D eigenvalue weighted by Crippen LogP contribution is -2.38. The Hall–Kier alpha value is -2.50. The van der Waals surface area contributed by atoms with E-state index in [1.807, 2.05) is 18.2 Å². The first-order valence-electron chi connectivity index (χ1n) is 9.44. The predicted octanol–water partition coefficient (Wildman–Crippen LogP) is 4.29. The topological polar surface area (TPSA) is 67.6 Å². The average molecular weight is 400 g/mol. The zero-order valence-electron chi connectivity index (χ0n) is 16.0. The van der Waals surface area contributed by atoms with E-state index in [4.69, 9.17) is 22.1 Å². The van der Waals surface area contributed by atoms with Crippen molar-refractivity contribution < 1.29 is 9.53 Å². The number of nitrogen functional groups attached to an aromatic ring is 1. The van der Waals surface area contributed by atoms with Gasteiger partial charge < -0.3 is 15.8 Å². The molecule has 0 bridgehead atoms. The summed E-state index contributed by atoms with van der Waals surface area (Å²) in [5.74, 6) is 0.493. The summed E-state index contributed by atoms with van der Waals surface area (Å²) in [5, 5.41) is 3.34. The van der Waals surface area contributed by atoms with E-state index >= 15 is 0 Å². The number of rotatable bonds is 6. The predicted molar refractivity (Wildman–Crippen MR) is 116 cm³/mol. The Morgan fingerprint density at radius 2 is 2.00 bits per heavy atom. The van der Waals surface area contributed by atoms with Crippen molar-refractivity contribution in [3.8, 4) is 5.75 Å². The Labute approximate surface area is 171 Å². The number of nitrogens with zero attached hydrogens (tertiary/aromatic N) is 1. The van der Waals surface area contributed by atoms with E-state index in [1.165, 1.54) is 5.56 Å². The highest BCUT2D eigenvalue weighted by Crippen LogP contribution is 2.33. The molecule has 1 amide bonds. The Morgan fingerprint density at radius 1 is 1.29 bits per heavy atom. The Kier molecular flexibility index (Phi) is 6.95. The number of likely N-dealkylation sites (tertiary alicyclic amines) is 1. The molecule has 1 aliphatic heterocycles. The molecule has 28 heavy (non-hydrogen) atoms. The number of nitrogens with one attached hydrogen (secondary N) is 1. The van der Waals surface area contributed by atoms with Crippen LogP contribution in [0, 0.1) is 5.92 Å². The van der Waals surface area contributed by atoms with Crippen molar-refractivity contribution in [1.82, 2.24) is 4.90 Å². The van der Waals surface area contributed by atoms with Crippen LogP contribution in [0.5, 0.6) is 5.75 Å². The molecule has 1 saturated heterocycles. The van der Waals surface area contributed by atoms with Crippen LogP contribution in [0.2, 0.25) is 5.02 Å². The van der Waals surface area contributed by atoms with Gasteiger partial charge in [0.2, 0.25) is 5.91 Å². The Balaban J connectivity index is 1.50. The van der Waals surface area contributed by atoms with Gasteiger partial charge in [0, 0.05) is 18.5 Å². The Bertz CT molecular complexity index is 831. The molecule has 2 aromatic carbocycles. The molecule has 0 atom stereocenters. The second kappa shape index (κ2) is 9.62. The average Bonchev–Trinajstić information content (AvgIpc) is 2.72.